The van der Waals surface area contributed by atoms with E-state index in [1.807, 2.05) is 0 Å². The van der Waals surface area contributed by atoms with Gasteiger partial charge in [-0.2, -0.15) is 0 Å². The quantitative estimate of drug-likeness (QED) is 0.688. The van der Waals surface area contributed by atoms with E-state index in [2.05, 4.69) is 13.8 Å². The first kappa shape index (κ1) is 17.9. The second-order valence-electron chi connectivity index (χ2n) is 9.31. The highest BCUT2D eigenvalue weighted by atomic mass is 16.5. The molecule has 4 heteroatoms. The molecule has 0 amide bonds. The third kappa shape index (κ3) is 2.36. The van der Waals surface area contributed by atoms with Crippen molar-refractivity contribution >= 4 is 17.5 Å². The summed E-state index contributed by atoms with van der Waals surface area (Å²) in [5, 5.41) is 0. The molecule has 0 spiro atoms. The fourth-order valence-electron chi connectivity index (χ4n) is 6.74. The third-order valence-corrected chi connectivity index (χ3v) is 8.28. The molecule has 3 saturated carbocycles. The Labute approximate surface area is 155 Å². The minimum absolute atomic E-state index is 0.00517. The molecule has 4 aliphatic carbocycles. The van der Waals surface area contributed by atoms with Crippen molar-refractivity contribution < 1.29 is 19.1 Å². The molecule has 0 aromatic heterocycles. The topological polar surface area (TPSA) is 60.4 Å². The molecule has 142 valence electrons. The minimum atomic E-state index is -0.315. The Morgan fingerprint density at radius 3 is 2.46 bits per heavy atom. The number of hydrogen-bond donors (Lipinski definition) is 0. The van der Waals surface area contributed by atoms with E-state index in [-0.39, 0.29) is 29.0 Å². The van der Waals surface area contributed by atoms with Gasteiger partial charge in [0.25, 0.3) is 0 Å². The van der Waals surface area contributed by atoms with E-state index < -0.39 is 0 Å². The molecule has 5 atom stereocenters. The summed E-state index contributed by atoms with van der Waals surface area (Å²) in [6.07, 6.45) is 7.24. The van der Waals surface area contributed by atoms with Crippen molar-refractivity contribution in [3.05, 3.63) is 11.3 Å². The van der Waals surface area contributed by atoms with E-state index in [9.17, 15) is 14.4 Å². The highest BCUT2D eigenvalue weighted by Crippen LogP contribution is 2.65. The number of carbonyl (C=O) groups excluding carboxylic acids is 3. The van der Waals surface area contributed by atoms with Crippen molar-refractivity contribution in [2.24, 2.45) is 28.6 Å². The Morgan fingerprint density at radius 1 is 1.00 bits per heavy atom. The van der Waals surface area contributed by atoms with Crippen molar-refractivity contribution in [2.45, 2.75) is 78.6 Å². The van der Waals surface area contributed by atoms with E-state index in [0.29, 0.717) is 35.7 Å². The molecule has 26 heavy (non-hydrogen) atoms. The number of ether oxygens (including phenoxy) is 1. The molecule has 4 aliphatic rings. The number of Topliss-reactive ketones (excluding diaryl/α,β-unsaturated/α-hetero) is 2. The Hall–Kier alpha value is -1.45. The fourth-order valence-corrected chi connectivity index (χ4v) is 6.74. The zero-order chi connectivity index (χ0) is 18.7. The van der Waals surface area contributed by atoms with Crippen molar-refractivity contribution in [3.63, 3.8) is 0 Å². The van der Waals surface area contributed by atoms with Crippen molar-refractivity contribution in [2.75, 3.05) is 0 Å². The average Bonchev–Trinajstić information content (AvgIpc) is 2.93. The molecule has 0 bridgehead atoms. The fraction of sp³-hybridized carbons (Fsp3) is 0.773. The van der Waals surface area contributed by atoms with Crippen LogP contribution in [0.2, 0.25) is 0 Å². The van der Waals surface area contributed by atoms with Gasteiger partial charge >= 0.3 is 5.97 Å². The highest BCUT2D eigenvalue weighted by molar-refractivity contribution is 5.97. The van der Waals surface area contributed by atoms with E-state index in [4.69, 9.17) is 4.74 Å². The maximum absolute atomic E-state index is 12.5. The van der Waals surface area contributed by atoms with Crippen LogP contribution < -0.4 is 0 Å². The average molecular weight is 358 g/mol. The molecular weight excluding hydrogens is 328 g/mol. The molecule has 0 aromatic carbocycles. The monoisotopic (exact) mass is 358 g/mol. The third-order valence-electron chi connectivity index (χ3n) is 8.28. The van der Waals surface area contributed by atoms with Crippen molar-refractivity contribution in [1.82, 2.24) is 0 Å². The maximum atomic E-state index is 12.5. The standard InChI is InChI=1S/C22H30O4/c1-4-19(25)26-20-16-6-5-13-14-7-8-18(24)22(14,3)11-9-15(13)21(16,2)12-10-17(20)23/h13-15H,4-12H2,1-3H3/t13-,14-,15-,21+,22-/m0/s1. The normalized spacial score (nSPS) is 42.2. The van der Waals surface area contributed by atoms with Gasteiger partial charge in [-0.3, -0.25) is 14.4 Å². The predicted octanol–water partition coefficient (Wildman–Crippen LogP) is 4.37. The SMILES string of the molecule is CCC(=O)OC1=C2CC[C@@H]3[C@H](CC[C@]4(C)C(=O)CC[C@@H]34)[C@@]2(C)CCC1=O. The summed E-state index contributed by atoms with van der Waals surface area (Å²) in [6.45, 7) is 6.23. The van der Waals surface area contributed by atoms with Gasteiger partial charge in [0.15, 0.2) is 11.5 Å². The van der Waals surface area contributed by atoms with Crippen LogP contribution in [0.4, 0.5) is 0 Å². The molecule has 0 aliphatic heterocycles. The van der Waals surface area contributed by atoms with E-state index >= 15 is 0 Å². The Kier molecular flexibility index (Phi) is 4.16. The zero-order valence-corrected chi connectivity index (χ0v) is 16.2. The molecule has 0 aromatic rings. The number of esters is 1. The van der Waals surface area contributed by atoms with Crippen molar-refractivity contribution in [3.8, 4) is 0 Å². The maximum Gasteiger partial charge on any atom is 0.311 e. The van der Waals surface area contributed by atoms with Crippen LogP contribution in [0, 0.1) is 28.6 Å². The second-order valence-corrected chi connectivity index (χ2v) is 9.31. The van der Waals surface area contributed by atoms with Gasteiger partial charge in [-0.15, -0.1) is 0 Å². The summed E-state index contributed by atoms with van der Waals surface area (Å²) in [4.78, 5) is 36.9. The number of rotatable bonds is 2. The summed E-state index contributed by atoms with van der Waals surface area (Å²) in [6, 6.07) is 0. The molecule has 0 radical (unpaired) electrons. The summed E-state index contributed by atoms with van der Waals surface area (Å²) >= 11 is 0. The van der Waals surface area contributed by atoms with Crippen LogP contribution in [0.25, 0.3) is 0 Å². The van der Waals surface area contributed by atoms with Gasteiger partial charge in [0.1, 0.15) is 5.78 Å². The number of fused-ring (bicyclic) bond motifs is 5. The summed E-state index contributed by atoms with van der Waals surface area (Å²) < 4.78 is 5.53. The summed E-state index contributed by atoms with van der Waals surface area (Å²) in [5.74, 6) is 2.05. The largest absolute Gasteiger partial charge is 0.423 e. The Morgan fingerprint density at radius 2 is 1.73 bits per heavy atom. The van der Waals surface area contributed by atoms with Gasteiger partial charge in [-0.05, 0) is 67.3 Å². The Balaban J connectivity index is 1.70. The van der Waals surface area contributed by atoms with Crippen LogP contribution in [0.5, 0.6) is 0 Å². The van der Waals surface area contributed by atoms with Crippen molar-refractivity contribution in [1.29, 1.82) is 0 Å². The minimum Gasteiger partial charge on any atom is -0.423 e. The van der Waals surface area contributed by atoms with E-state index in [1.165, 1.54) is 0 Å². The predicted molar refractivity (Wildman–Crippen MR) is 97.0 cm³/mol. The first-order valence-electron chi connectivity index (χ1n) is 10.3. The highest BCUT2D eigenvalue weighted by Gasteiger charge is 2.59. The molecule has 4 nitrogen and oxygen atoms in total. The number of carbonyl (C=O) groups is 3. The van der Waals surface area contributed by atoms with Crippen LogP contribution in [-0.2, 0) is 19.1 Å². The van der Waals surface area contributed by atoms with Gasteiger partial charge < -0.3 is 4.74 Å². The van der Waals surface area contributed by atoms with Gasteiger partial charge in [0.05, 0.1) is 0 Å². The molecule has 3 fully saturated rings. The van der Waals surface area contributed by atoms with Gasteiger partial charge in [0, 0.05) is 24.7 Å². The zero-order valence-electron chi connectivity index (χ0n) is 16.2. The second kappa shape index (κ2) is 6.03. The molecule has 0 N–H and O–H groups in total. The lowest BCUT2D eigenvalue weighted by atomic mass is 9.47. The lowest BCUT2D eigenvalue weighted by Gasteiger charge is -2.57. The number of allylic oxidation sites excluding steroid dienone is 1. The lowest BCUT2D eigenvalue weighted by molar-refractivity contribution is -0.144. The summed E-state index contributed by atoms with van der Waals surface area (Å²) in [5.41, 5.74) is 0.901. The Bertz CT molecular complexity index is 705. The van der Waals surface area contributed by atoms with E-state index in [1.54, 1.807) is 6.92 Å². The first-order chi connectivity index (χ1) is 12.3. The molecular formula is C22H30O4. The molecule has 4 rings (SSSR count). The van der Waals surface area contributed by atoms with Gasteiger partial charge in [-0.25, -0.2) is 0 Å². The first-order valence-corrected chi connectivity index (χ1v) is 10.3. The van der Waals surface area contributed by atoms with Crippen LogP contribution in [0.3, 0.4) is 0 Å². The van der Waals surface area contributed by atoms with Crippen LogP contribution >= 0.6 is 0 Å². The number of hydrogen-bond acceptors (Lipinski definition) is 4. The summed E-state index contributed by atoms with van der Waals surface area (Å²) in [7, 11) is 0. The lowest BCUT2D eigenvalue weighted by Crippen LogP contribution is -2.51. The number of ketones is 2. The smallest absolute Gasteiger partial charge is 0.311 e. The molecule has 0 saturated heterocycles. The van der Waals surface area contributed by atoms with Gasteiger partial charge in [0.2, 0.25) is 0 Å². The molecule has 0 heterocycles. The van der Waals surface area contributed by atoms with E-state index in [0.717, 1.165) is 50.5 Å². The van der Waals surface area contributed by atoms with Crippen LogP contribution in [-0.4, -0.2) is 17.5 Å². The molecule has 0 unspecified atom stereocenters. The van der Waals surface area contributed by atoms with Crippen LogP contribution in [0.15, 0.2) is 11.3 Å². The van der Waals surface area contributed by atoms with Gasteiger partial charge in [-0.1, -0.05) is 20.8 Å². The van der Waals surface area contributed by atoms with Crippen LogP contribution in [0.1, 0.15) is 78.6 Å².